The zero-order valence-corrected chi connectivity index (χ0v) is 24.6. The molecule has 2 aliphatic rings. The Morgan fingerprint density at radius 3 is 2.02 bits per heavy atom. The van der Waals surface area contributed by atoms with Gasteiger partial charge in [0, 0.05) is 50.3 Å². The third-order valence-electron chi connectivity index (χ3n) is 7.09. The number of hydrogen-bond acceptors (Lipinski definition) is 8. The number of carbonyl (C=O) groups excluding carboxylic acids is 3. The molecule has 3 amide bonds. The fraction of sp³-hybridized carbons (Fsp3) is 0.643. The molecule has 1 aliphatic carbocycles. The van der Waals surface area contributed by atoms with E-state index in [1.54, 1.807) is 36.6 Å². The van der Waals surface area contributed by atoms with Gasteiger partial charge in [-0.05, 0) is 73.3 Å². The lowest BCUT2D eigenvalue weighted by atomic mass is 9.85. The Morgan fingerprint density at radius 2 is 1.46 bits per heavy atom. The molecule has 1 aromatic carbocycles. The fourth-order valence-electron chi connectivity index (χ4n) is 5.15. The maximum atomic E-state index is 13.2. The first kappa shape index (κ1) is 30.1. The van der Waals surface area contributed by atoms with Crippen molar-refractivity contribution in [2.24, 2.45) is 0 Å². The van der Waals surface area contributed by atoms with Gasteiger partial charge in [0.15, 0.2) is 0 Å². The Balaban J connectivity index is 1.39. The van der Waals surface area contributed by atoms with E-state index in [4.69, 9.17) is 14.5 Å². The number of fused-ring (bicyclic) bond motifs is 1. The second-order valence-corrected chi connectivity index (χ2v) is 12.7. The number of nitrogens with one attached hydrogen (secondary N) is 1. The quantitative estimate of drug-likeness (QED) is 0.398. The van der Waals surface area contributed by atoms with E-state index in [9.17, 15) is 24.5 Å². The van der Waals surface area contributed by atoms with Crippen LogP contribution < -0.4 is 5.32 Å². The van der Waals surface area contributed by atoms with E-state index in [1.165, 1.54) is 16.7 Å². The number of imidazole rings is 1. The molecule has 0 spiro atoms. The summed E-state index contributed by atoms with van der Waals surface area (Å²) in [6, 6.07) is 4.07. The van der Waals surface area contributed by atoms with Crippen LogP contribution >= 0.6 is 0 Å². The molecule has 224 valence electrons. The first-order chi connectivity index (χ1) is 19.1. The van der Waals surface area contributed by atoms with Crippen molar-refractivity contribution in [1.82, 2.24) is 24.7 Å². The minimum atomic E-state index is -0.758. The van der Waals surface area contributed by atoms with E-state index in [0.29, 0.717) is 68.7 Å². The number of hydrogen-bond donors (Lipinski definition) is 1. The standard InChI is InChI=1S/C28H40N6O7/c1-27(2,3)40-25(36)32-15-13-31(14-16-32)24(35)29-19-9-7-18(8-10-19)23-30-21-12-11-20(34(38)39)17-22(21)33(23)26(37)41-28(4,5)6/h11-12,17-19H,7-10,13-16H2,1-6H3,(H,29,35). The van der Waals surface area contributed by atoms with Crippen LogP contribution in [-0.4, -0.2) is 85.9 Å². The number of benzene rings is 1. The summed E-state index contributed by atoms with van der Waals surface area (Å²) >= 11 is 0. The van der Waals surface area contributed by atoms with Gasteiger partial charge in [-0.2, -0.15) is 0 Å². The van der Waals surface area contributed by atoms with Crippen molar-refractivity contribution in [1.29, 1.82) is 0 Å². The molecule has 1 aliphatic heterocycles. The van der Waals surface area contributed by atoms with E-state index in [2.05, 4.69) is 5.32 Å². The van der Waals surface area contributed by atoms with Crippen LogP contribution in [0.2, 0.25) is 0 Å². The third-order valence-corrected chi connectivity index (χ3v) is 7.09. The summed E-state index contributed by atoms with van der Waals surface area (Å²) in [5, 5.41) is 14.5. The van der Waals surface area contributed by atoms with Crippen molar-refractivity contribution >= 4 is 34.9 Å². The average Bonchev–Trinajstić information content (AvgIpc) is 3.26. The number of ether oxygens (including phenoxy) is 2. The predicted molar refractivity (Wildman–Crippen MR) is 151 cm³/mol. The highest BCUT2D eigenvalue weighted by Gasteiger charge is 2.33. The SMILES string of the molecule is CC(C)(C)OC(=O)N1CCN(C(=O)NC2CCC(c3nc4ccc([N+](=O)[O-])cc4n3C(=O)OC(C)(C)C)CC2)CC1. The van der Waals surface area contributed by atoms with Crippen LogP contribution in [0, 0.1) is 10.1 Å². The number of urea groups is 1. The van der Waals surface area contributed by atoms with Crippen LogP contribution in [-0.2, 0) is 9.47 Å². The topological polar surface area (TPSA) is 149 Å². The Labute approximate surface area is 239 Å². The van der Waals surface area contributed by atoms with Gasteiger partial charge in [-0.15, -0.1) is 0 Å². The number of carbonyl (C=O) groups is 3. The smallest absolute Gasteiger partial charge is 0.420 e. The molecule has 2 fully saturated rings. The first-order valence-electron chi connectivity index (χ1n) is 14.0. The molecule has 1 saturated carbocycles. The van der Waals surface area contributed by atoms with Gasteiger partial charge in [0.1, 0.15) is 17.0 Å². The van der Waals surface area contributed by atoms with E-state index < -0.39 is 22.2 Å². The summed E-state index contributed by atoms with van der Waals surface area (Å²) in [5.41, 5.74) is -0.639. The van der Waals surface area contributed by atoms with Crippen molar-refractivity contribution in [3.8, 4) is 0 Å². The number of aromatic nitrogens is 2. The second-order valence-electron chi connectivity index (χ2n) is 12.7. The van der Waals surface area contributed by atoms with E-state index in [-0.39, 0.29) is 29.8 Å². The molecule has 0 radical (unpaired) electrons. The van der Waals surface area contributed by atoms with Crippen molar-refractivity contribution in [3.63, 3.8) is 0 Å². The van der Waals surface area contributed by atoms with Crippen LogP contribution in [0.1, 0.15) is 79.0 Å². The lowest BCUT2D eigenvalue weighted by Crippen LogP contribution is -2.55. The lowest BCUT2D eigenvalue weighted by Gasteiger charge is -2.37. The third kappa shape index (κ3) is 7.44. The Hall–Kier alpha value is -3.90. The highest BCUT2D eigenvalue weighted by atomic mass is 16.6. The minimum absolute atomic E-state index is 0.0388. The molecule has 2 aromatic rings. The number of amides is 3. The molecule has 1 N–H and O–H groups in total. The maximum absolute atomic E-state index is 13.2. The molecular formula is C28H40N6O7. The Kier molecular flexibility index (Phi) is 8.46. The van der Waals surface area contributed by atoms with Gasteiger partial charge in [0.25, 0.3) is 5.69 Å². The molecular weight excluding hydrogens is 532 g/mol. The number of nitro benzene ring substituents is 1. The summed E-state index contributed by atoms with van der Waals surface area (Å²) < 4.78 is 12.4. The molecule has 13 nitrogen and oxygen atoms in total. The van der Waals surface area contributed by atoms with Crippen LogP contribution in [0.15, 0.2) is 18.2 Å². The van der Waals surface area contributed by atoms with Gasteiger partial charge < -0.3 is 24.6 Å². The van der Waals surface area contributed by atoms with E-state index >= 15 is 0 Å². The second kappa shape index (κ2) is 11.5. The van der Waals surface area contributed by atoms with Gasteiger partial charge in [0.2, 0.25) is 0 Å². The number of piperazine rings is 1. The normalized spacial score (nSPS) is 20.0. The van der Waals surface area contributed by atoms with Crippen LogP contribution in [0.4, 0.5) is 20.1 Å². The summed E-state index contributed by atoms with van der Waals surface area (Å²) in [6.45, 7) is 12.4. The first-order valence-corrected chi connectivity index (χ1v) is 14.0. The van der Waals surface area contributed by atoms with Crippen LogP contribution in [0.25, 0.3) is 11.0 Å². The highest BCUT2D eigenvalue weighted by Crippen LogP contribution is 2.35. The number of nitrogens with zero attached hydrogens (tertiary/aromatic N) is 5. The molecule has 13 heteroatoms. The Morgan fingerprint density at radius 1 is 0.902 bits per heavy atom. The van der Waals surface area contributed by atoms with Crippen molar-refractivity contribution in [2.75, 3.05) is 26.2 Å². The van der Waals surface area contributed by atoms with Crippen molar-refractivity contribution < 1.29 is 28.8 Å². The lowest BCUT2D eigenvalue weighted by molar-refractivity contribution is -0.384. The summed E-state index contributed by atoms with van der Waals surface area (Å²) in [5.74, 6) is 0.428. The summed E-state index contributed by atoms with van der Waals surface area (Å²) in [6.07, 6.45) is 1.72. The zero-order valence-electron chi connectivity index (χ0n) is 24.6. The summed E-state index contributed by atoms with van der Waals surface area (Å²) in [4.78, 5) is 57.4. The van der Waals surface area contributed by atoms with Gasteiger partial charge in [0.05, 0.1) is 16.0 Å². The average molecular weight is 573 g/mol. The number of rotatable bonds is 3. The Bertz CT molecular complexity index is 1310. The summed E-state index contributed by atoms with van der Waals surface area (Å²) in [7, 11) is 0. The highest BCUT2D eigenvalue weighted by molar-refractivity contribution is 5.89. The van der Waals surface area contributed by atoms with Gasteiger partial charge in [-0.25, -0.2) is 23.9 Å². The molecule has 1 aromatic heterocycles. The maximum Gasteiger partial charge on any atom is 0.420 e. The number of nitro groups is 1. The minimum Gasteiger partial charge on any atom is -0.444 e. The van der Waals surface area contributed by atoms with Crippen molar-refractivity contribution in [2.45, 2.75) is 90.4 Å². The van der Waals surface area contributed by atoms with E-state index in [0.717, 1.165) is 0 Å². The molecule has 0 unspecified atom stereocenters. The monoisotopic (exact) mass is 572 g/mol. The molecule has 41 heavy (non-hydrogen) atoms. The molecule has 1 saturated heterocycles. The molecule has 2 heterocycles. The molecule has 0 atom stereocenters. The van der Waals surface area contributed by atoms with Crippen LogP contribution in [0.5, 0.6) is 0 Å². The predicted octanol–water partition coefficient (Wildman–Crippen LogP) is 5.02. The van der Waals surface area contributed by atoms with Crippen LogP contribution in [0.3, 0.4) is 0 Å². The fourth-order valence-corrected chi connectivity index (χ4v) is 5.15. The van der Waals surface area contributed by atoms with Gasteiger partial charge in [-0.1, -0.05) is 0 Å². The largest absolute Gasteiger partial charge is 0.444 e. The molecule has 4 rings (SSSR count). The zero-order chi connectivity index (χ0) is 30.1. The number of non-ortho nitro benzene ring substituents is 1. The van der Waals surface area contributed by atoms with E-state index in [1.807, 2.05) is 20.8 Å². The van der Waals surface area contributed by atoms with Gasteiger partial charge >= 0.3 is 18.2 Å². The molecule has 0 bridgehead atoms. The van der Waals surface area contributed by atoms with Crippen molar-refractivity contribution in [3.05, 3.63) is 34.1 Å². The van der Waals surface area contributed by atoms with Gasteiger partial charge in [-0.3, -0.25) is 10.1 Å².